The summed E-state index contributed by atoms with van der Waals surface area (Å²) in [6.45, 7) is 10.6. The van der Waals surface area contributed by atoms with E-state index in [0.29, 0.717) is 56.3 Å². The fourth-order valence-corrected chi connectivity index (χ4v) is 7.91. The fourth-order valence-electron chi connectivity index (χ4n) is 6.63. The first-order valence-corrected chi connectivity index (χ1v) is 19.3. The van der Waals surface area contributed by atoms with Gasteiger partial charge >= 0.3 is 0 Å². The number of halogens is 1. The summed E-state index contributed by atoms with van der Waals surface area (Å²) in [4.78, 5) is 30.5. The molecule has 0 aliphatic carbocycles. The lowest BCUT2D eigenvalue weighted by atomic mass is 10.0. The van der Waals surface area contributed by atoms with Crippen LogP contribution in [0.2, 0.25) is 0 Å². The van der Waals surface area contributed by atoms with Gasteiger partial charge in [-0.25, -0.2) is 13.4 Å². The summed E-state index contributed by atoms with van der Waals surface area (Å²) >= 11 is 3.56. The fraction of sp³-hybridized carbons (Fsp3) is 0.485. The number of sulfonamides is 1. The van der Waals surface area contributed by atoms with Crippen LogP contribution in [0.4, 0.5) is 34.6 Å². The summed E-state index contributed by atoms with van der Waals surface area (Å²) in [6.07, 6.45) is 8.96. The molecule has 2 saturated heterocycles. The third-order valence-corrected chi connectivity index (χ3v) is 11.1. The molecule has 0 atom stereocenters. The van der Waals surface area contributed by atoms with Crippen LogP contribution in [0.15, 0.2) is 41.3 Å². The van der Waals surface area contributed by atoms with Gasteiger partial charge in [-0.15, -0.1) is 0 Å². The Morgan fingerprint density at radius 2 is 1.71 bits per heavy atom. The first kappa shape index (κ1) is 35.0. The van der Waals surface area contributed by atoms with Crippen molar-refractivity contribution in [2.45, 2.75) is 39.2 Å². The topological polar surface area (TPSA) is 145 Å². The van der Waals surface area contributed by atoms with Gasteiger partial charge in [-0.3, -0.25) is 19.2 Å². The maximum absolute atomic E-state index is 12.8. The third-order valence-electron chi connectivity index (χ3n) is 9.23. The molecule has 14 nitrogen and oxygen atoms in total. The highest BCUT2D eigenvalue weighted by molar-refractivity contribution is 9.10. The summed E-state index contributed by atoms with van der Waals surface area (Å²) in [5.74, 6) is 2.15. The number of benzene rings is 1. The number of nitrogens with zero attached hydrogens (tertiary/aromatic N) is 9. The number of rotatable bonds is 11. The summed E-state index contributed by atoms with van der Waals surface area (Å²) in [6, 6.07) is 6.25. The second-order valence-corrected chi connectivity index (χ2v) is 15.2. The monoisotopic (exact) mass is 753 g/mol. The molecule has 4 aromatic rings. The third kappa shape index (κ3) is 7.66. The van der Waals surface area contributed by atoms with Crippen molar-refractivity contribution in [1.82, 2.24) is 34.7 Å². The molecule has 0 bridgehead atoms. The molecular weight excluding hydrogens is 710 g/mol. The van der Waals surface area contributed by atoms with Gasteiger partial charge in [0.2, 0.25) is 21.9 Å². The van der Waals surface area contributed by atoms with E-state index in [-0.39, 0.29) is 6.54 Å². The molecule has 0 radical (unpaired) electrons. The molecular formula is C33H44BrN11O3S. The molecule has 0 spiro atoms. The second kappa shape index (κ2) is 14.9. The number of aryl methyl sites for hydroxylation is 1. The lowest BCUT2D eigenvalue weighted by Crippen LogP contribution is -2.52. The zero-order valence-electron chi connectivity index (χ0n) is 28.6. The van der Waals surface area contributed by atoms with Gasteiger partial charge in [-0.1, -0.05) is 6.92 Å². The number of pyridine rings is 1. The number of anilines is 6. The van der Waals surface area contributed by atoms with E-state index < -0.39 is 10.0 Å². The highest BCUT2D eigenvalue weighted by Crippen LogP contribution is 2.38. The van der Waals surface area contributed by atoms with Crippen LogP contribution >= 0.6 is 15.9 Å². The van der Waals surface area contributed by atoms with Gasteiger partial charge < -0.3 is 25.2 Å². The average Bonchev–Trinajstić information content (AvgIpc) is 3.10. The Hall–Kier alpha value is -3.86. The van der Waals surface area contributed by atoms with Crippen molar-refractivity contribution in [2.24, 2.45) is 0 Å². The summed E-state index contributed by atoms with van der Waals surface area (Å²) in [7, 11) is 0.184. The highest BCUT2D eigenvalue weighted by Gasteiger charge is 2.29. The van der Waals surface area contributed by atoms with Gasteiger partial charge in [0.15, 0.2) is 0 Å². The molecule has 6 rings (SSSR count). The van der Waals surface area contributed by atoms with Gasteiger partial charge in [0.25, 0.3) is 0 Å². The number of aromatic nitrogens is 5. The summed E-state index contributed by atoms with van der Waals surface area (Å²) < 4.78 is 33.4. The van der Waals surface area contributed by atoms with E-state index in [1.54, 1.807) is 44.8 Å². The van der Waals surface area contributed by atoms with Crippen LogP contribution < -0.4 is 24.6 Å². The molecule has 49 heavy (non-hydrogen) atoms. The molecule has 262 valence electrons. The smallest absolute Gasteiger partial charge is 0.239 e. The van der Waals surface area contributed by atoms with E-state index in [1.165, 1.54) is 10.6 Å². The Bertz CT molecular complexity index is 1900. The minimum absolute atomic E-state index is 0.206. The average molecular weight is 755 g/mol. The van der Waals surface area contributed by atoms with Gasteiger partial charge in [0.05, 0.1) is 29.0 Å². The van der Waals surface area contributed by atoms with E-state index >= 15 is 0 Å². The Morgan fingerprint density at radius 1 is 0.980 bits per heavy atom. The normalized spacial score (nSPS) is 16.6. The summed E-state index contributed by atoms with van der Waals surface area (Å²) in [5.41, 5.74) is 3.67. The Morgan fingerprint density at radius 3 is 2.39 bits per heavy atom. The van der Waals surface area contributed by atoms with Crippen molar-refractivity contribution >= 4 is 71.6 Å². The van der Waals surface area contributed by atoms with Crippen LogP contribution in [0, 0.1) is 0 Å². The molecule has 1 aromatic carbocycles. The van der Waals surface area contributed by atoms with Gasteiger partial charge in [-0.05, 0) is 72.9 Å². The minimum Gasteiger partial charge on any atom is -0.479 e. The molecule has 5 heterocycles. The van der Waals surface area contributed by atoms with E-state index in [2.05, 4.69) is 76.3 Å². The highest BCUT2D eigenvalue weighted by atomic mass is 79.9. The Kier molecular flexibility index (Phi) is 10.7. The maximum Gasteiger partial charge on any atom is 0.239 e. The lowest BCUT2D eigenvalue weighted by molar-refractivity contribution is 0.0981. The van der Waals surface area contributed by atoms with Gasteiger partial charge in [-0.2, -0.15) is 9.97 Å². The van der Waals surface area contributed by atoms with E-state index in [1.807, 2.05) is 0 Å². The van der Waals surface area contributed by atoms with Crippen molar-refractivity contribution in [3.8, 4) is 5.88 Å². The number of piperazine rings is 1. The molecule has 0 unspecified atom stereocenters. The van der Waals surface area contributed by atoms with E-state index in [4.69, 9.17) is 14.7 Å². The first-order valence-electron chi connectivity index (χ1n) is 16.6. The van der Waals surface area contributed by atoms with Crippen molar-refractivity contribution in [2.75, 3.05) is 86.1 Å². The van der Waals surface area contributed by atoms with Crippen molar-refractivity contribution in [3.63, 3.8) is 0 Å². The number of ether oxygens (including phenoxy) is 1. The number of hydrogen-bond donors (Lipinski definition) is 2. The predicted molar refractivity (Wildman–Crippen MR) is 198 cm³/mol. The molecule has 2 aliphatic rings. The number of likely N-dealkylation sites (N-methyl/N-ethyl adjacent to an activating group) is 1. The molecule has 3 aromatic heterocycles. The predicted octanol–water partition coefficient (Wildman–Crippen LogP) is 4.64. The van der Waals surface area contributed by atoms with Crippen LogP contribution in [0.5, 0.6) is 5.88 Å². The quantitative estimate of drug-likeness (QED) is 0.220. The summed E-state index contributed by atoms with van der Waals surface area (Å²) in [5, 5.41) is 6.62. The SMILES string of the molecule is CCc1cc(Nc2ncc(Br)c(Nc3ccc4nccnc4c3N(CC)S(C)(=O)=O)n2)c(OC)nc1N1CCC(N2CCN(C)CC2)CC1. The standard InChI is InChI=1S/C33H44BrN11O3S/c1-6-22-20-27(32(48-4)41-31(22)44-14-10-23(11-15-44)43-18-16-42(3)17-19-43)39-33-37-21-24(34)30(40-33)38-26-9-8-25-28(36-13-12-35-25)29(26)45(7-2)49(5,46)47/h8-9,12-13,20-21,23H,6-7,10-11,14-19H2,1-5H3,(H2,37,38,39,40). The van der Waals surface area contributed by atoms with Crippen LogP contribution in [-0.4, -0.2) is 115 Å². The minimum atomic E-state index is -3.63. The number of methoxy groups -OCH3 is 1. The first-order chi connectivity index (χ1) is 23.6. The molecule has 16 heteroatoms. The number of nitrogens with one attached hydrogen (secondary N) is 2. The zero-order chi connectivity index (χ0) is 34.7. The molecule has 2 aliphatic heterocycles. The van der Waals surface area contributed by atoms with Crippen LogP contribution in [0.1, 0.15) is 32.3 Å². The largest absolute Gasteiger partial charge is 0.479 e. The second-order valence-electron chi connectivity index (χ2n) is 12.4. The maximum atomic E-state index is 12.8. The lowest BCUT2D eigenvalue weighted by Gasteiger charge is -2.42. The molecule has 0 saturated carbocycles. The van der Waals surface area contributed by atoms with Crippen LogP contribution in [0.25, 0.3) is 11.0 Å². The van der Waals surface area contributed by atoms with Gasteiger partial charge in [0, 0.05) is 70.4 Å². The van der Waals surface area contributed by atoms with Crippen molar-refractivity contribution in [3.05, 3.63) is 46.8 Å². The Balaban J connectivity index is 1.25. The molecule has 2 N–H and O–H groups in total. The van der Waals surface area contributed by atoms with Crippen molar-refractivity contribution in [1.29, 1.82) is 0 Å². The van der Waals surface area contributed by atoms with Crippen molar-refractivity contribution < 1.29 is 13.2 Å². The zero-order valence-corrected chi connectivity index (χ0v) is 31.1. The Labute approximate surface area is 296 Å². The number of hydrogen-bond acceptors (Lipinski definition) is 13. The number of piperidine rings is 1. The van der Waals surface area contributed by atoms with Crippen LogP contribution in [0.3, 0.4) is 0 Å². The number of fused-ring (bicyclic) bond motifs is 1. The van der Waals surface area contributed by atoms with Gasteiger partial charge in [0.1, 0.15) is 28.5 Å². The van der Waals surface area contributed by atoms with Crippen LogP contribution in [-0.2, 0) is 16.4 Å². The molecule has 2 fully saturated rings. The van der Waals surface area contributed by atoms with E-state index in [0.717, 1.165) is 69.9 Å². The molecule has 0 amide bonds. The van der Waals surface area contributed by atoms with E-state index in [9.17, 15) is 8.42 Å².